The summed E-state index contributed by atoms with van der Waals surface area (Å²) in [5.41, 5.74) is 1.58. The number of amides is 1. The Hall–Kier alpha value is -1.61. The summed E-state index contributed by atoms with van der Waals surface area (Å²) < 4.78 is 0. The van der Waals surface area contributed by atoms with Crippen molar-refractivity contribution in [1.82, 2.24) is 5.06 Å². The molecular weight excluding hydrogens is 310 g/mol. The van der Waals surface area contributed by atoms with E-state index in [1.807, 2.05) is 12.1 Å². The quantitative estimate of drug-likeness (QED) is 0.253. The third kappa shape index (κ3) is 10.1. The second-order valence-electron chi connectivity index (χ2n) is 6.82. The van der Waals surface area contributed by atoms with Crippen LogP contribution in [0, 0.1) is 0 Å². The second kappa shape index (κ2) is 13.7. The lowest BCUT2D eigenvalue weighted by atomic mass is 10.1. The monoisotopic (exact) mass is 345 g/mol. The summed E-state index contributed by atoms with van der Waals surface area (Å²) in [7, 11) is 1.34. The topological polar surface area (TPSA) is 40.5 Å². The number of carbonyl (C=O) groups is 1. The predicted molar refractivity (Wildman–Crippen MR) is 106 cm³/mol. The Labute approximate surface area is 153 Å². The van der Waals surface area contributed by atoms with E-state index in [1.54, 1.807) is 12.1 Å². The van der Waals surface area contributed by atoms with E-state index in [1.165, 1.54) is 71.3 Å². The van der Waals surface area contributed by atoms with Gasteiger partial charge in [-0.3, -0.25) is 10.0 Å². The van der Waals surface area contributed by atoms with Crippen LogP contribution in [0.4, 0.5) is 0 Å². The fourth-order valence-corrected chi connectivity index (χ4v) is 2.89. The van der Waals surface area contributed by atoms with Crippen LogP contribution in [0.3, 0.4) is 0 Å². The van der Waals surface area contributed by atoms with Crippen molar-refractivity contribution in [2.24, 2.45) is 0 Å². The largest absolute Gasteiger partial charge is 0.286 e. The minimum atomic E-state index is -0.388. The number of nitrogens with zero attached hydrogens (tertiary/aromatic N) is 1. The van der Waals surface area contributed by atoms with Gasteiger partial charge in [-0.2, -0.15) is 0 Å². The molecule has 0 spiro atoms. The molecule has 3 nitrogen and oxygen atoms in total. The van der Waals surface area contributed by atoms with Crippen LogP contribution >= 0.6 is 0 Å². The van der Waals surface area contributed by atoms with E-state index in [0.717, 1.165) is 12.0 Å². The molecule has 1 N–H and O–H groups in total. The van der Waals surface area contributed by atoms with Crippen molar-refractivity contribution >= 4 is 12.0 Å². The molecule has 1 amide bonds. The molecule has 0 heterocycles. The molecule has 140 valence electrons. The fourth-order valence-electron chi connectivity index (χ4n) is 2.89. The average Bonchev–Trinajstić information content (AvgIpc) is 2.62. The van der Waals surface area contributed by atoms with Gasteiger partial charge in [0.25, 0.3) is 5.91 Å². The molecule has 0 bridgehead atoms. The highest BCUT2D eigenvalue weighted by Gasteiger charge is 2.07. The van der Waals surface area contributed by atoms with Gasteiger partial charge in [0.05, 0.1) is 0 Å². The maximum Gasteiger partial charge on any atom is 0.276 e. The number of hydrogen-bond acceptors (Lipinski definition) is 2. The van der Waals surface area contributed by atoms with E-state index >= 15 is 0 Å². The first-order valence-corrected chi connectivity index (χ1v) is 9.88. The molecule has 0 aliphatic rings. The third-order valence-electron chi connectivity index (χ3n) is 4.49. The standard InChI is InChI=1S/C22H35NO2/c1-3-4-5-6-7-8-9-10-11-12-13-14-15-20-16-18-21(19-17-20)22(24)23(2)25/h14-19,25H,3-13H2,1-2H3/b15-14+. The van der Waals surface area contributed by atoms with Crippen LogP contribution in [-0.4, -0.2) is 23.2 Å². The van der Waals surface area contributed by atoms with Gasteiger partial charge in [0.1, 0.15) is 0 Å². The van der Waals surface area contributed by atoms with Crippen LogP contribution < -0.4 is 0 Å². The summed E-state index contributed by atoms with van der Waals surface area (Å²) >= 11 is 0. The Morgan fingerprint density at radius 1 is 0.920 bits per heavy atom. The summed E-state index contributed by atoms with van der Waals surface area (Å²) in [6, 6.07) is 7.31. The molecule has 1 aromatic rings. The van der Waals surface area contributed by atoms with Crippen LogP contribution in [0.25, 0.3) is 6.08 Å². The van der Waals surface area contributed by atoms with E-state index in [-0.39, 0.29) is 5.91 Å². The molecule has 0 atom stereocenters. The lowest BCUT2D eigenvalue weighted by Gasteiger charge is -2.07. The maximum absolute atomic E-state index is 11.6. The molecule has 0 radical (unpaired) electrons. The van der Waals surface area contributed by atoms with Crippen LogP contribution in [0.2, 0.25) is 0 Å². The number of carbonyl (C=O) groups excluding carboxylic acids is 1. The molecule has 0 fully saturated rings. The van der Waals surface area contributed by atoms with Crippen molar-refractivity contribution in [3.8, 4) is 0 Å². The SMILES string of the molecule is CCCCCCCCCCCC/C=C/c1ccc(C(=O)N(C)O)cc1. The van der Waals surface area contributed by atoms with E-state index in [0.29, 0.717) is 10.6 Å². The van der Waals surface area contributed by atoms with Gasteiger partial charge in [0.15, 0.2) is 0 Å². The molecule has 0 unspecified atom stereocenters. The molecule has 1 aromatic carbocycles. The molecule has 0 saturated carbocycles. The first kappa shape index (κ1) is 21.4. The maximum atomic E-state index is 11.6. The Kier molecular flexibility index (Phi) is 11.7. The minimum absolute atomic E-state index is 0.388. The Balaban J connectivity index is 2.07. The van der Waals surface area contributed by atoms with E-state index in [4.69, 9.17) is 5.21 Å². The zero-order chi connectivity index (χ0) is 18.3. The van der Waals surface area contributed by atoms with E-state index in [2.05, 4.69) is 19.1 Å². The van der Waals surface area contributed by atoms with E-state index < -0.39 is 0 Å². The predicted octanol–water partition coefficient (Wildman–Crippen LogP) is 6.47. The van der Waals surface area contributed by atoms with Gasteiger partial charge in [0, 0.05) is 12.6 Å². The zero-order valence-corrected chi connectivity index (χ0v) is 16.0. The van der Waals surface area contributed by atoms with Gasteiger partial charge in [-0.1, -0.05) is 89.0 Å². The smallest absolute Gasteiger partial charge is 0.276 e. The number of hydrogen-bond donors (Lipinski definition) is 1. The van der Waals surface area contributed by atoms with Crippen molar-refractivity contribution in [1.29, 1.82) is 0 Å². The molecule has 0 aliphatic carbocycles. The minimum Gasteiger partial charge on any atom is -0.286 e. The van der Waals surface area contributed by atoms with Gasteiger partial charge in [0.2, 0.25) is 0 Å². The molecular formula is C22H35NO2. The number of unbranched alkanes of at least 4 members (excludes halogenated alkanes) is 10. The second-order valence-corrected chi connectivity index (χ2v) is 6.82. The van der Waals surface area contributed by atoms with Crippen molar-refractivity contribution in [3.63, 3.8) is 0 Å². The Morgan fingerprint density at radius 2 is 1.44 bits per heavy atom. The van der Waals surface area contributed by atoms with E-state index in [9.17, 15) is 4.79 Å². The lowest BCUT2D eigenvalue weighted by molar-refractivity contribution is -0.0374. The number of hydroxylamine groups is 2. The number of benzene rings is 1. The van der Waals surface area contributed by atoms with Crippen LogP contribution in [0.1, 0.15) is 93.5 Å². The summed E-state index contributed by atoms with van der Waals surface area (Å²) in [6.45, 7) is 2.26. The molecule has 1 rings (SSSR count). The van der Waals surface area contributed by atoms with Crippen LogP contribution in [0.15, 0.2) is 30.3 Å². The average molecular weight is 346 g/mol. The molecule has 25 heavy (non-hydrogen) atoms. The summed E-state index contributed by atoms with van der Waals surface area (Å²) in [6.07, 6.45) is 19.1. The normalized spacial score (nSPS) is 11.2. The summed E-state index contributed by atoms with van der Waals surface area (Å²) in [5, 5.41) is 9.75. The van der Waals surface area contributed by atoms with Crippen LogP contribution in [0.5, 0.6) is 0 Å². The first-order chi connectivity index (χ1) is 12.1. The van der Waals surface area contributed by atoms with Gasteiger partial charge >= 0.3 is 0 Å². The molecule has 0 saturated heterocycles. The zero-order valence-electron chi connectivity index (χ0n) is 16.0. The Morgan fingerprint density at radius 3 is 1.96 bits per heavy atom. The van der Waals surface area contributed by atoms with Crippen molar-refractivity contribution in [2.45, 2.75) is 77.6 Å². The summed E-state index contributed by atoms with van der Waals surface area (Å²) in [4.78, 5) is 11.6. The van der Waals surface area contributed by atoms with Crippen molar-refractivity contribution in [2.75, 3.05) is 7.05 Å². The highest BCUT2D eigenvalue weighted by Crippen LogP contribution is 2.12. The number of rotatable bonds is 13. The van der Waals surface area contributed by atoms with Crippen molar-refractivity contribution < 1.29 is 10.0 Å². The van der Waals surface area contributed by atoms with Gasteiger partial charge < -0.3 is 0 Å². The lowest BCUT2D eigenvalue weighted by Crippen LogP contribution is -2.22. The fraction of sp³-hybridized carbons (Fsp3) is 0.591. The molecule has 0 aliphatic heterocycles. The highest BCUT2D eigenvalue weighted by atomic mass is 16.5. The van der Waals surface area contributed by atoms with Crippen LogP contribution in [-0.2, 0) is 0 Å². The first-order valence-electron chi connectivity index (χ1n) is 9.88. The number of allylic oxidation sites excluding steroid dienone is 1. The third-order valence-corrected chi connectivity index (χ3v) is 4.49. The summed E-state index contributed by atoms with van der Waals surface area (Å²) in [5.74, 6) is -0.388. The van der Waals surface area contributed by atoms with Gasteiger partial charge in [-0.15, -0.1) is 0 Å². The molecule has 0 aromatic heterocycles. The molecule has 3 heteroatoms. The van der Waals surface area contributed by atoms with Crippen molar-refractivity contribution in [3.05, 3.63) is 41.5 Å². The van der Waals surface area contributed by atoms with Gasteiger partial charge in [-0.25, -0.2) is 5.06 Å². The highest BCUT2D eigenvalue weighted by molar-refractivity contribution is 5.93. The Bertz CT molecular complexity index is 491. The van der Waals surface area contributed by atoms with Gasteiger partial charge in [-0.05, 0) is 30.5 Å².